The molecule has 0 amide bonds. The summed E-state index contributed by atoms with van der Waals surface area (Å²) in [6.07, 6.45) is 3.30. The summed E-state index contributed by atoms with van der Waals surface area (Å²) in [6.45, 7) is 5.42. The number of hydrogen-bond acceptors (Lipinski definition) is 5. The van der Waals surface area contributed by atoms with E-state index >= 15 is 0 Å². The van der Waals surface area contributed by atoms with Gasteiger partial charge in [0.1, 0.15) is 17.1 Å². The van der Waals surface area contributed by atoms with Gasteiger partial charge in [0, 0.05) is 18.0 Å². The number of esters is 1. The molecule has 4 aromatic rings. The maximum absolute atomic E-state index is 13.4. The molecule has 0 atom stereocenters. The van der Waals surface area contributed by atoms with Crippen LogP contribution in [0.2, 0.25) is 0 Å². The Morgan fingerprint density at radius 2 is 1.83 bits per heavy atom. The quantitative estimate of drug-likeness (QED) is 0.480. The standard InChI is InChI=1S/C22H19FN4O2/c1-22(2,3)29-21(28)15-12-17(14-7-9-16(23)10-8-14)19-25-26-20(27(19)13-15)18-6-4-5-11-24-18/h4-13H,1-3H3. The van der Waals surface area contributed by atoms with Crippen molar-refractivity contribution in [3.05, 3.63) is 72.3 Å². The summed E-state index contributed by atoms with van der Waals surface area (Å²) < 4.78 is 20.7. The molecule has 0 N–H and O–H groups in total. The molecule has 1 aromatic carbocycles. The lowest BCUT2D eigenvalue weighted by atomic mass is 10.0. The van der Waals surface area contributed by atoms with Crippen LogP contribution in [0.25, 0.3) is 28.3 Å². The molecule has 0 radical (unpaired) electrons. The lowest BCUT2D eigenvalue weighted by molar-refractivity contribution is 0.00690. The number of pyridine rings is 2. The normalized spacial score (nSPS) is 11.6. The Morgan fingerprint density at radius 3 is 2.48 bits per heavy atom. The fourth-order valence-corrected chi connectivity index (χ4v) is 2.95. The minimum absolute atomic E-state index is 0.337. The van der Waals surface area contributed by atoms with Gasteiger partial charge in [0.2, 0.25) is 0 Å². The molecule has 0 saturated heterocycles. The van der Waals surface area contributed by atoms with Gasteiger partial charge in [-0.25, -0.2) is 9.18 Å². The summed E-state index contributed by atoms with van der Waals surface area (Å²) in [4.78, 5) is 17.1. The third-order valence-electron chi connectivity index (χ3n) is 4.19. The van der Waals surface area contributed by atoms with Crippen molar-refractivity contribution >= 4 is 11.6 Å². The average Bonchev–Trinajstić information content (AvgIpc) is 3.11. The fraction of sp³-hybridized carbons (Fsp3) is 0.182. The van der Waals surface area contributed by atoms with Crippen LogP contribution in [0.4, 0.5) is 4.39 Å². The molecule has 0 bridgehead atoms. The Balaban J connectivity index is 1.94. The van der Waals surface area contributed by atoms with Gasteiger partial charge >= 0.3 is 5.97 Å². The third kappa shape index (κ3) is 3.85. The molecule has 0 aliphatic rings. The number of fused-ring (bicyclic) bond motifs is 1. The molecular weight excluding hydrogens is 371 g/mol. The first-order valence-corrected chi connectivity index (χ1v) is 9.11. The van der Waals surface area contributed by atoms with Gasteiger partial charge in [-0.2, -0.15) is 0 Å². The van der Waals surface area contributed by atoms with Crippen molar-refractivity contribution in [1.29, 1.82) is 0 Å². The summed E-state index contributed by atoms with van der Waals surface area (Å²) in [5.41, 5.74) is 2.20. The minimum atomic E-state index is -0.640. The highest BCUT2D eigenvalue weighted by Gasteiger charge is 2.22. The van der Waals surface area contributed by atoms with Crippen LogP contribution in [0.3, 0.4) is 0 Å². The largest absolute Gasteiger partial charge is 0.456 e. The van der Waals surface area contributed by atoms with Crippen LogP contribution in [-0.4, -0.2) is 31.2 Å². The number of benzene rings is 1. The van der Waals surface area contributed by atoms with Gasteiger partial charge in [-0.05, 0) is 56.7 Å². The van der Waals surface area contributed by atoms with E-state index in [0.29, 0.717) is 33.9 Å². The van der Waals surface area contributed by atoms with Gasteiger partial charge in [-0.1, -0.05) is 18.2 Å². The Kier molecular flexibility index (Phi) is 4.58. The van der Waals surface area contributed by atoms with E-state index < -0.39 is 11.6 Å². The summed E-state index contributed by atoms with van der Waals surface area (Å²) in [5.74, 6) is -0.318. The Morgan fingerprint density at radius 1 is 1.07 bits per heavy atom. The molecule has 0 spiro atoms. The SMILES string of the molecule is CC(C)(C)OC(=O)c1cc(-c2ccc(F)cc2)c2nnc(-c3ccccn3)n2c1. The summed E-state index contributed by atoms with van der Waals surface area (Å²) in [5, 5.41) is 8.56. The summed E-state index contributed by atoms with van der Waals surface area (Å²) >= 11 is 0. The lowest BCUT2D eigenvalue weighted by Crippen LogP contribution is -2.24. The van der Waals surface area contributed by atoms with Crippen molar-refractivity contribution in [3.8, 4) is 22.6 Å². The fourth-order valence-electron chi connectivity index (χ4n) is 2.95. The van der Waals surface area contributed by atoms with Crippen LogP contribution >= 0.6 is 0 Å². The van der Waals surface area contributed by atoms with Crippen molar-refractivity contribution in [2.24, 2.45) is 0 Å². The number of rotatable bonds is 3. The van der Waals surface area contributed by atoms with Crippen molar-refractivity contribution < 1.29 is 13.9 Å². The van der Waals surface area contributed by atoms with Gasteiger partial charge in [-0.15, -0.1) is 10.2 Å². The second kappa shape index (κ2) is 7.09. The zero-order valence-electron chi connectivity index (χ0n) is 16.3. The number of carbonyl (C=O) groups excluding carboxylic acids is 1. The molecule has 29 heavy (non-hydrogen) atoms. The molecule has 4 rings (SSSR count). The summed E-state index contributed by atoms with van der Waals surface area (Å²) in [6, 6.07) is 13.2. The summed E-state index contributed by atoms with van der Waals surface area (Å²) in [7, 11) is 0. The Labute approximate surface area is 167 Å². The zero-order valence-corrected chi connectivity index (χ0v) is 16.3. The first-order valence-electron chi connectivity index (χ1n) is 9.11. The number of ether oxygens (including phenoxy) is 1. The van der Waals surface area contributed by atoms with Crippen molar-refractivity contribution in [1.82, 2.24) is 19.6 Å². The molecule has 3 heterocycles. The van der Waals surface area contributed by atoms with Crippen LogP contribution in [0, 0.1) is 5.82 Å². The molecule has 0 saturated carbocycles. The molecule has 7 heteroatoms. The van der Waals surface area contributed by atoms with E-state index in [-0.39, 0.29) is 5.82 Å². The number of halogens is 1. The van der Waals surface area contributed by atoms with Crippen LogP contribution in [0.15, 0.2) is 60.9 Å². The van der Waals surface area contributed by atoms with Gasteiger partial charge in [-0.3, -0.25) is 9.38 Å². The number of hydrogen-bond donors (Lipinski definition) is 0. The third-order valence-corrected chi connectivity index (χ3v) is 4.19. The molecule has 0 fully saturated rings. The lowest BCUT2D eigenvalue weighted by Gasteiger charge is -2.20. The van der Waals surface area contributed by atoms with Gasteiger partial charge in [0.25, 0.3) is 0 Å². The van der Waals surface area contributed by atoms with Crippen LogP contribution in [0.5, 0.6) is 0 Å². The van der Waals surface area contributed by atoms with E-state index in [1.54, 1.807) is 35.0 Å². The highest BCUT2D eigenvalue weighted by Crippen LogP contribution is 2.28. The van der Waals surface area contributed by atoms with E-state index in [4.69, 9.17) is 4.74 Å². The van der Waals surface area contributed by atoms with Crippen molar-refractivity contribution in [3.63, 3.8) is 0 Å². The first-order chi connectivity index (χ1) is 13.8. The molecule has 6 nitrogen and oxygen atoms in total. The number of carbonyl (C=O) groups is 1. The average molecular weight is 390 g/mol. The Bertz CT molecular complexity index is 1180. The molecular formula is C22H19FN4O2. The van der Waals surface area contributed by atoms with Crippen LogP contribution in [-0.2, 0) is 4.74 Å². The van der Waals surface area contributed by atoms with Crippen LogP contribution < -0.4 is 0 Å². The molecule has 0 aliphatic carbocycles. The predicted octanol–water partition coefficient (Wildman–Crippen LogP) is 4.55. The number of aromatic nitrogens is 4. The van der Waals surface area contributed by atoms with Gasteiger partial charge in [0.15, 0.2) is 11.5 Å². The number of nitrogens with zero attached hydrogens (tertiary/aromatic N) is 4. The van der Waals surface area contributed by atoms with E-state index in [1.807, 2.05) is 39.0 Å². The molecule has 0 aliphatic heterocycles. The Hall–Kier alpha value is -3.61. The van der Waals surface area contributed by atoms with Gasteiger partial charge < -0.3 is 4.74 Å². The van der Waals surface area contributed by atoms with Crippen LogP contribution in [0.1, 0.15) is 31.1 Å². The highest BCUT2D eigenvalue weighted by molar-refractivity contribution is 5.93. The van der Waals surface area contributed by atoms with E-state index in [1.165, 1.54) is 12.1 Å². The van der Waals surface area contributed by atoms with Gasteiger partial charge in [0.05, 0.1) is 5.56 Å². The first kappa shape index (κ1) is 18.7. The van der Waals surface area contributed by atoms with Crippen molar-refractivity contribution in [2.45, 2.75) is 26.4 Å². The second-order valence-corrected chi connectivity index (χ2v) is 7.58. The van der Waals surface area contributed by atoms with E-state index in [2.05, 4.69) is 15.2 Å². The molecule has 0 unspecified atom stereocenters. The van der Waals surface area contributed by atoms with E-state index in [9.17, 15) is 9.18 Å². The topological polar surface area (TPSA) is 69.4 Å². The van der Waals surface area contributed by atoms with E-state index in [0.717, 1.165) is 0 Å². The predicted molar refractivity (Wildman–Crippen MR) is 107 cm³/mol. The minimum Gasteiger partial charge on any atom is -0.456 e. The zero-order chi connectivity index (χ0) is 20.6. The monoisotopic (exact) mass is 390 g/mol. The smallest absolute Gasteiger partial charge is 0.340 e. The maximum atomic E-state index is 13.4. The maximum Gasteiger partial charge on any atom is 0.340 e. The highest BCUT2D eigenvalue weighted by atomic mass is 19.1. The van der Waals surface area contributed by atoms with Crippen molar-refractivity contribution in [2.75, 3.05) is 0 Å². The molecule has 146 valence electrons. The molecule has 3 aromatic heterocycles. The second-order valence-electron chi connectivity index (χ2n) is 7.58.